The molecule has 0 aliphatic carbocycles. The summed E-state index contributed by atoms with van der Waals surface area (Å²) in [5, 5.41) is 3.47. The van der Waals surface area contributed by atoms with Gasteiger partial charge in [0.1, 0.15) is 5.82 Å². The van der Waals surface area contributed by atoms with E-state index in [1.165, 1.54) is 27.9 Å². The summed E-state index contributed by atoms with van der Waals surface area (Å²) in [6.45, 7) is 2.38. The average molecular weight is 322 g/mol. The van der Waals surface area contributed by atoms with Crippen LogP contribution in [0, 0.1) is 0 Å². The van der Waals surface area contributed by atoms with E-state index in [-0.39, 0.29) is 17.4 Å². The van der Waals surface area contributed by atoms with Gasteiger partial charge in [-0.25, -0.2) is 4.79 Å². The first kappa shape index (κ1) is 16.0. The van der Waals surface area contributed by atoms with E-state index in [1.54, 1.807) is 16.8 Å². The van der Waals surface area contributed by atoms with Crippen LogP contribution < -0.4 is 21.9 Å². The molecule has 0 aromatic carbocycles. The topological polar surface area (TPSA) is 101 Å². The van der Waals surface area contributed by atoms with Crippen LogP contribution in [-0.4, -0.2) is 22.5 Å². The number of carbonyl (C=O) groups is 1. The number of aromatic amines is 1. The highest BCUT2D eigenvalue weighted by Gasteiger charge is 2.21. The monoisotopic (exact) mass is 322 g/mol. The molecule has 22 heavy (non-hydrogen) atoms. The number of thiophene rings is 1. The van der Waals surface area contributed by atoms with E-state index in [9.17, 15) is 14.4 Å². The molecule has 7 nitrogen and oxygen atoms in total. The summed E-state index contributed by atoms with van der Waals surface area (Å²) in [6.07, 6.45) is 1.63. The average Bonchev–Trinajstić information content (AvgIpc) is 3.00. The van der Waals surface area contributed by atoms with Crippen LogP contribution in [0.4, 0.5) is 11.5 Å². The van der Waals surface area contributed by atoms with E-state index >= 15 is 0 Å². The predicted octanol–water partition coefficient (Wildman–Crippen LogP) is 1.26. The summed E-state index contributed by atoms with van der Waals surface area (Å²) in [6, 6.07) is 1.67. The highest BCUT2D eigenvalue weighted by Crippen LogP contribution is 2.18. The minimum Gasteiger partial charge on any atom is -0.383 e. The van der Waals surface area contributed by atoms with Crippen LogP contribution in [-0.2, 0) is 6.54 Å². The SMILES string of the molecule is CCCCn1c(N)c(N(C)C(=O)c2ccsc2)c(=O)[nH]c1=O. The Morgan fingerprint density at radius 3 is 2.77 bits per heavy atom. The first-order valence-electron chi connectivity index (χ1n) is 6.90. The van der Waals surface area contributed by atoms with Crippen LogP contribution >= 0.6 is 11.3 Å². The van der Waals surface area contributed by atoms with Crippen molar-refractivity contribution in [1.82, 2.24) is 9.55 Å². The summed E-state index contributed by atoms with van der Waals surface area (Å²) in [4.78, 5) is 39.7. The number of carbonyl (C=O) groups excluding carboxylic acids is 1. The van der Waals surface area contributed by atoms with Crippen molar-refractivity contribution >= 4 is 28.7 Å². The van der Waals surface area contributed by atoms with Crippen molar-refractivity contribution < 1.29 is 4.79 Å². The fraction of sp³-hybridized carbons (Fsp3) is 0.357. The van der Waals surface area contributed by atoms with Crippen molar-refractivity contribution in [3.63, 3.8) is 0 Å². The minimum absolute atomic E-state index is 0.00750. The fourth-order valence-electron chi connectivity index (χ4n) is 2.12. The van der Waals surface area contributed by atoms with Gasteiger partial charge in [0.25, 0.3) is 11.5 Å². The van der Waals surface area contributed by atoms with E-state index in [4.69, 9.17) is 5.73 Å². The molecule has 0 fully saturated rings. The van der Waals surface area contributed by atoms with Crippen LogP contribution in [0.1, 0.15) is 30.1 Å². The number of amides is 1. The van der Waals surface area contributed by atoms with Crippen molar-refractivity contribution in [3.05, 3.63) is 43.2 Å². The molecule has 0 saturated carbocycles. The maximum Gasteiger partial charge on any atom is 0.330 e. The van der Waals surface area contributed by atoms with Crippen molar-refractivity contribution in [1.29, 1.82) is 0 Å². The number of hydrogen-bond donors (Lipinski definition) is 2. The smallest absolute Gasteiger partial charge is 0.330 e. The molecule has 2 rings (SSSR count). The van der Waals surface area contributed by atoms with Crippen molar-refractivity contribution in [2.45, 2.75) is 26.3 Å². The fourth-order valence-corrected chi connectivity index (χ4v) is 2.75. The third-order valence-corrected chi connectivity index (χ3v) is 4.04. The van der Waals surface area contributed by atoms with Gasteiger partial charge in [0.2, 0.25) is 0 Å². The van der Waals surface area contributed by atoms with Gasteiger partial charge in [0, 0.05) is 19.0 Å². The van der Waals surface area contributed by atoms with E-state index in [0.717, 1.165) is 12.8 Å². The highest BCUT2D eigenvalue weighted by molar-refractivity contribution is 7.08. The Hall–Kier alpha value is -2.35. The largest absolute Gasteiger partial charge is 0.383 e. The molecule has 0 bridgehead atoms. The first-order valence-corrected chi connectivity index (χ1v) is 7.84. The minimum atomic E-state index is -0.665. The van der Waals surface area contributed by atoms with Gasteiger partial charge in [-0.1, -0.05) is 13.3 Å². The third kappa shape index (κ3) is 2.96. The number of H-pyrrole nitrogens is 1. The van der Waals surface area contributed by atoms with E-state index in [1.807, 2.05) is 6.92 Å². The van der Waals surface area contributed by atoms with E-state index in [0.29, 0.717) is 12.1 Å². The molecule has 2 heterocycles. The predicted molar refractivity (Wildman–Crippen MR) is 87.7 cm³/mol. The van der Waals surface area contributed by atoms with Crippen LogP contribution in [0.2, 0.25) is 0 Å². The van der Waals surface area contributed by atoms with Gasteiger partial charge in [-0.2, -0.15) is 11.3 Å². The maximum atomic E-state index is 12.4. The van der Waals surface area contributed by atoms with Crippen molar-refractivity contribution in [2.24, 2.45) is 0 Å². The van der Waals surface area contributed by atoms with Crippen LogP contribution in [0.15, 0.2) is 26.4 Å². The molecular formula is C14H18N4O3S. The number of unbranched alkanes of at least 4 members (excludes halogenated alkanes) is 1. The lowest BCUT2D eigenvalue weighted by atomic mass is 10.2. The zero-order valence-electron chi connectivity index (χ0n) is 12.5. The van der Waals surface area contributed by atoms with Crippen molar-refractivity contribution in [2.75, 3.05) is 17.7 Å². The molecule has 118 valence electrons. The Kier molecular flexibility index (Phi) is 4.81. The quantitative estimate of drug-likeness (QED) is 0.865. The third-order valence-electron chi connectivity index (χ3n) is 3.36. The zero-order valence-corrected chi connectivity index (χ0v) is 13.3. The van der Waals surface area contributed by atoms with Crippen LogP contribution in [0.3, 0.4) is 0 Å². The second-order valence-corrected chi connectivity index (χ2v) is 5.65. The lowest BCUT2D eigenvalue weighted by molar-refractivity contribution is 0.0993. The lowest BCUT2D eigenvalue weighted by Gasteiger charge is -2.19. The Morgan fingerprint density at radius 2 is 2.18 bits per heavy atom. The standard InChI is InChI=1S/C14H18N4O3S/c1-3-4-6-18-11(15)10(12(19)16-14(18)21)17(2)13(20)9-5-7-22-8-9/h5,7-8H,3-4,6,15H2,1-2H3,(H,16,19,21). The molecule has 0 unspecified atom stereocenters. The summed E-state index contributed by atoms with van der Waals surface area (Å²) in [7, 11) is 1.47. The zero-order chi connectivity index (χ0) is 16.3. The Balaban J connectivity index is 2.48. The molecule has 0 atom stereocenters. The second kappa shape index (κ2) is 6.61. The van der Waals surface area contributed by atoms with Gasteiger partial charge >= 0.3 is 5.69 Å². The van der Waals surface area contributed by atoms with Gasteiger partial charge in [-0.05, 0) is 17.9 Å². The Morgan fingerprint density at radius 1 is 1.45 bits per heavy atom. The lowest BCUT2D eigenvalue weighted by Crippen LogP contribution is -2.39. The molecule has 0 saturated heterocycles. The van der Waals surface area contributed by atoms with Crippen molar-refractivity contribution in [3.8, 4) is 0 Å². The molecule has 3 N–H and O–H groups in total. The van der Waals surface area contributed by atoms with Gasteiger partial charge in [0.05, 0.1) is 5.56 Å². The number of nitrogens with zero attached hydrogens (tertiary/aromatic N) is 2. The number of nitrogens with one attached hydrogen (secondary N) is 1. The van der Waals surface area contributed by atoms with Crippen LogP contribution in [0.5, 0.6) is 0 Å². The van der Waals surface area contributed by atoms with Gasteiger partial charge in [-0.3, -0.25) is 19.1 Å². The number of nitrogen functional groups attached to an aromatic ring is 1. The van der Waals surface area contributed by atoms with E-state index in [2.05, 4.69) is 4.98 Å². The molecule has 0 aliphatic heterocycles. The Labute approximate surface area is 131 Å². The molecular weight excluding hydrogens is 304 g/mol. The summed E-state index contributed by atoms with van der Waals surface area (Å²) < 4.78 is 1.29. The number of nitrogens with two attached hydrogens (primary N) is 1. The number of rotatable bonds is 5. The number of hydrogen-bond acceptors (Lipinski definition) is 5. The molecule has 1 amide bonds. The summed E-state index contributed by atoms with van der Waals surface area (Å²) in [5.41, 5.74) is 5.21. The maximum absolute atomic E-state index is 12.4. The molecule has 0 radical (unpaired) electrons. The second-order valence-electron chi connectivity index (χ2n) is 4.87. The van der Waals surface area contributed by atoms with Gasteiger partial charge in [-0.15, -0.1) is 0 Å². The van der Waals surface area contributed by atoms with E-state index < -0.39 is 11.2 Å². The Bertz CT molecular complexity index is 776. The first-order chi connectivity index (χ1) is 10.5. The van der Waals surface area contributed by atoms with Gasteiger partial charge < -0.3 is 10.6 Å². The van der Waals surface area contributed by atoms with Gasteiger partial charge in [0.15, 0.2) is 5.69 Å². The number of anilines is 2. The highest BCUT2D eigenvalue weighted by atomic mass is 32.1. The normalized spacial score (nSPS) is 10.6. The molecule has 8 heteroatoms. The van der Waals surface area contributed by atoms with Crippen LogP contribution in [0.25, 0.3) is 0 Å². The summed E-state index contributed by atoms with van der Waals surface area (Å²) in [5.74, 6) is -0.340. The summed E-state index contributed by atoms with van der Waals surface area (Å²) >= 11 is 1.39. The number of aromatic nitrogens is 2. The molecule has 2 aromatic heterocycles. The molecule has 2 aromatic rings. The molecule has 0 spiro atoms. The molecule has 0 aliphatic rings.